The van der Waals surface area contributed by atoms with Gasteiger partial charge >= 0.3 is 0 Å². The molecule has 0 aliphatic carbocycles. The Hall–Kier alpha value is -1.42. The van der Waals surface area contributed by atoms with E-state index >= 15 is 0 Å². The highest BCUT2D eigenvalue weighted by Crippen LogP contribution is 2.33. The molecule has 0 spiro atoms. The van der Waals surface area contributed by atoms with Crippen molar-refractivity contribution in [3.63, 3.8) is 0 Å². The number of ether oxygens (including phenoxy) is 1. The lowest BCUT2D eigenvalue weighted by atomic mass is 10.0. The van der Waals surface area contributed by atoms with Crippen molar-refractivity contribution in [2.75, 3.05) is 7.11 Å². The number of hydrogen-bond donors (Lipinski definition) is 0. The lowest BCUT2D eigenvalue weighted by molar-refractivity contribution is 0.413. The van der Waals surface area contributed by atoms with Crippen molar-refractivity contribution in [3.05, 3.63) is 40.3 Å². The zero-order valence-corrected chi connectivity index (χ0v) is 11.6. The number of aromatic nitrogens is 2. The third-order valence-electron chi connectivity index (χ3n) is 2.79. The lowest BCUT2D eigenvalue weighted by Gasteiger charge is -2.12. The average Bonchev–Trinajstić information content (AvgIpc) is 2.32. The van der Waals surface area contributed by atoms with Crippen molar-refractivity contribution in [2.24, 2.45) is 0 Å². The molecule has 1 aromatic carbocycles. The molecule has 0 unspecified atom stereocenters. The van der Waals surface area contributed by atoms with Crippen LogP contribution in [0, 0.1) is 13.8 Å². The highest BCUT2D eigenvalue weighted by molar-refractivity contribution is 9.10. The second-order valence-electron chi connectivity index (χ2n) is 3.81. The van der Waals surface area contributed by atoms with Crippen LogP contribution in [-0.2, 0) is 0 Å². The van der Waals surface area contributed by atoms with Gasteiger partial charge in [-0.05, 0) is 53.0 Å². The van der Waals surface area contributed by atoms with Crippen molar-refractivity contribution < 1.29 is 4.74 Å². The maximum atomic E-state index is 5.48. The van der Waals surface area contributed by atoms with Crippen LogP contribution in [-0.4, -0.2) is 17.1 Å². The standard InChI is InChI=1S/C13H13BrN2O/c1-8-4-5-10(13(17-3)9(8)2)11-6-12(14)16-7-15-11/h4-7H,1-3H3. The van der Waals surface area contributed by atoms with Crippen LogP contribution < -0.4 is 4.74 Å². The Morgan fingerprint density at radius 3 is 2.59 bits per heavy atom. The SMILES string of the molecule is COc1c(-c2cc(Br)ncn2)ccc(C)c1C. The monoisotopic (exact) mass is 292 g/mol. The molecule has 0 atom stereocenters. The molecule has 2 aromatic rings. The fourth-order valence-electron chi connectivity index (χ4n) is 1.74. The van der Waals surface area contributed by atoms with E-state index in [0.29, 0.717) is 0 Å². The summed E-state index contributed by atoms with van der Waals surface area (Å²) in [4.78, 5) is 8.29. The Morgan fingerprint density at radius 2 is 1.94 bits per heavy atom. The minimum absolute atomic E-state index is 0.766. The predicted molar refractivity (Wildman–Crippen MR) is 71.2 cm³/mol. The smallest absolute Gasteiger partial charge is 0.131 e. The molecule has 0 aliphatic rings. The Bertz CT molecular complexity index is 555. The van der Waals surface area contributed by atoms with Crippen molar-refractivity contribution in [1.29, 1.82) is 0 Å². The van der Waals surface area contributed by atoms with Gasteiger partial charge in [-0.15, -0.1) is 0 Å². The van der Waals surface area contributed by atoms with E-state index in [9.17, 15) is 0 Å². The number of rotatable bonds is 2. The molecule has 88 valence electrons. The van der Waals surface area contributed by atoms with Crippen LogP contribution >= 0.6 is 15.9 Å². The maximum absolute atomic E-state index is 5.48. The summed E-state index contributed by atoms with van der Waals surface area (Å²) in [6.07, 6.45) is 1.54. The topological polar surface area (TPSA) is 35.0 Å². The third-order valence-corrected chi connectivity index (χ3v) is 3.22. The average molecular weight is 293 g/mol. The fraction of sp³-hybridized carbons (Fsp3) is 0.231. The molecule has 0 saturated heterocycles. The molecule has 0 N–H and O–H groups in total. The third kappa shape index (κ3) is 2.31. The highest BCUT2D eigenvalue weighted by atomic mass is 79.9. The van der Waals surface area contributed by atoms with Crippen LogP contribution in [0.3, 0.4) is 0 Å². The van der Waals surface area contributed by atoms with E-state index in [1.807, 2.05) is 19.1 Å². The van der Waals surface area contributed by atoms with Crippen molar-refractivity contribution in [1.82, 2.24) is 9.97 Å². The molecule has 0 fully saturated rings. The fourth-order valence-corrected chi connectivity index (χ4v) is 2.04. The normalized spacial score (nSPS) is 10.4. The first-order chi connectivity index (χ1) is 8.13. The number of methoxy groups -OCH3 is 1. The zero-order valence-electron chi connectivity index (χ0n) is 9.99. The quantitative estimate of drug-likeness (QED) is 0.794. The van der Waals surface area contributed by atoms with Gasteiger partial charge in [0.05, 0.1) is 12.8 Å². The molecular formula is C13H13BrN2O. The van der Waals surface area contributed by atoms with Gasteiger partial charge in [0.25, 0.3) is 0 Å². The summed E-state index contributed by atoms with van der Waals surface area (Å²) in [5.41, 5.74) is 4.18. The van der Waals surface area contributed by atoms with Crippen molar-refractivity contribution in [3.8, 4) is 17.0 Å². The van der Waals surface area contributed by atoms with Gasteiger partial charge < -0.3 is 4.74 Å². The summed E-state index contributed by atoms with van der Waals surface area (Å²) in [5.74, 6) is 0.871. The van der Waals surface area contributed by atoms with E-state index < -0.39 is 0 Å². The van der Waals surface area contributed by atoms with Crippen LogP contribution in [0.25, 0.3) is 11.3 Å². The molecule has 0 bridgehead atoms. The number of hydrogen-bond acceptors (Lipinski definition) is 3. The number of aryl methyl sites for hydroxylation is 1. The van der Waals surface area contributed by atoms with Crippen LogP contribution in [0.2, 0.25) is 0 Å². The van der Waals surface area contributed by atoms with E-state index in [4.69, 9.17) is 4.74 Å². The molecule has 1 aromatic heterocycles. The first-order valence-electron chi connectivity index (χ1n) is 5.25. The van der Waals surface area contributed by atoms with Crippen LogP contribution in [0.5, 0.6) is 5.75 Å². The second kappa shape index (κ2) is 4.84. The van der Waals surface area contributed by atoms with Crippen molar-refractivity contribution in [2.45, 2.75) is 13.8 Å². The predicted octanol–water partition coefficient (Wildman–Crippen LogP) is 3.53. The molecule has 0 amide bonds. The summed E-state index contributed by atoms with van der Waals surface area (Å²) in [7, 11) is 1.68. The summed E-state index contributed by atoms with van der Waals surface area (Å²) in [6.45, 7) is 4.12. The summed E-state index contributed by atoms with van der Waals surface area (Å²) < 4.78 is 6.24. The Labute approximate surface area is 109 Å². The number of benzene rings is 1. The molecule has 0 aliphatic heterocycles. The van der Waals surface area contributed by atoms with E-state index in [2.05, 4.69) is 38.9 Å². The molecule has 1 heterocycles. The first kappa shape index (κ1) is 12.0. The minimum atomic E-state index is 0.766. The van der Waals surface area contributed by atoms with Gasteiger partial charge in [-0.1, -0.05) is 6.07 Å². The van der Waals surface area contributed by atoms with Crippen molar-refractivity contribution >= 4 is 15.9 Å². The molecule has 2 rings (SSSR count). The van der Waals surface area contributed by atoms with Gasteiger partial charge in [0.1, 0.15) is 16.7 Å². The van der Waals surface area contributed by atoms with Gasteiger partial charge in [0, 0.05) is 5.56 Å². The van der Waals surface area contributed by atoms with E-state index in [0.717, 1.165) is 27.2 Å². The molecule has 17 heavy (non-hydrogen) atoms. The van der Waals surface area contributed by atoms with E-state index in [1.54, 1.807) is 7.11 Å². The minimum Gasteiger partial charge on any atom is -0.496 e. The number of nitrogens with zero attached hydrogens (tertiary/aromatic N) is 2. The summed E-state index contributed by atoms with van der Waals surface area (Å²) in [5, 5.41) is 0. The van der Waals surface area contributed by atoms with Crippen LogP contribution in [0.1, 0.15) is 11.1 Å². The Morgan fingerprint density at radius 1 is 1.18 bits per heavy atom. The van der Waals surface area contributed by atoms with E-state index in [-0.39, 0.29) is 0 Å². The van der Waals surface area contributed by atoms with Gasteiger partial charge in [-0.3, -0.25) is 0 Å². The lowest BCUT2D eigenvalue weighted by Crippen LogP contribution is -1.95. The summed E-state index contributed by atoms with van der Waals surface area (Å²) >= 11 is 3.35. The van der Waals surface area contributed by atoms with Gasteiger partial charge in [0.15, 0.2) is 0 Å². The Balaban J connectivity index is 2.63. The first-order valence-corrected chi connectivity index (χ1v) is 6.05. The molecule has 4 heteroatoms. The largest absolute Gasteiger partial charge is 0.496 e. The maximum Gasteiger partial charge on any atom is 0.131 e. The number of halogens is 1. The van der Waals surface area contributed by atoms with Crippen LogP contribution in [0.4, 0.5) is 0 Å². The zero-order chi connectivity index (χ0) is 12.4. The van der Waals surface area contributed by atoms with Crippen LogP contribution in [0.15, 0.2) is 29.1 Å². The van der Waals surface area contributed by atoms with Gasteiger partial charge in [-0.25, -0.2) is 9.97 Å². The van der Waals surface area contributed by atoms with E-state index in [1.165, 1.54) is 11.9 Å². The van der Waals surface area contributed by atoms with Gasteiger partial charge in [-0.2, -0.15) is 0 Å². The Kier molecular flexibility index (Phi) is 3.43. The molecule has 3 nitrogen and oxygen atoms in total. The van der Waals surface area contributed by atoms with Gasteiger partial charge in [0.2, 0.25) is 0 Å². The summed E-state index contributed by atoms with van der Waals surface area (Å²) in [6, 6.07) is 5.98. The molecule has 0 saturated carbocycles. The molecule has 0 radical (unpaired) electrons. The molecular weight excluding hydrogens is 280 g/mol. The highest BCUT2D eigenvalue weighted by Gasteiger charge is 2.11. The second-order valence-corrected chi connectivity index (χ2v) is 4.63.